The molecular formula is C22H23N3O3. The lowest BCUT2D eigenvalue weighted by atomic mass is 10.2. The molecule has 0 spiro atoms. The van der Waals surface area contributed by atoms with E-state index in [1.54, 1.807) is 10.6 Å². The highest BCUT2D eigenvalue weighted by Gasteiger charge is 2.15. The first-order chi connectivity index (χ1) is 13.5. The number of benzene rings is 2. The van der Waals surface area contributed by atoms with Crippen LogP contribution < -0.4 is 5.32 Å². The molecular weight excluding hydrogens is 354 g/mol. The monoisotopic (exact) mass is 377 g/mol. The highest BCUT2D eigenvalue weighted by atomic mass is 16.5. The number of nitrogens with one attached hydrogen (secondary N) is 1. The number of hydrogen-bond donors (Lipinski definition) is 1. The molecule has 0 saturated carbocycles. The van der Waals surface area contributed by atoms with Gasteiger partial charge in [-0.25, -0.2) is 4.98 Å². The third kappa shape index (κ3) is 5.07. The van der Waals surface area contributed by atoms with Crippen LogP contribution in [0.4, 0.5) is 0 Å². The topological polar surface area (TPSA) is 73.2 Å². The summed E-state index contributed by atoms with van der Waals surface area (Å²) in [6.07, 6.45) is 3.04. The quantitative estimate of drug-likeness (QED) is 0.506. The van der Waals surface area contributed by atoms with Crippen molar-refractivity contribution in [1.29, 1.82) is 0 Å². The van der Waals surface area contributed by atoms with Gasteiger partial charge in [0.05, 0.1) is 23.7 Å². The Morgan fingerprint density at radius 1 is 1.11 bits per heavy atom. The van der Waals surface area contributed by atoms with E-state index >= 15 is 0 Å². The van der Waals surface area contributed by atoms with E-state index in [0.717, 1.165) is 16.6 Å². The molecule has 6 heteroatoms. The average molecular weight is 377 g/mol. The fourth-order valence-corrected chi connectivity index (χ4v) is 2.83. The predicted octanol–water partition coefficient (Wildman–Crippen LogP) is 3.32. The van der Waals surface area contributed by atoms with Gasteiger partial charge in [0.25, 0.3) is 0 Å². The number of aromatic nitrogens is 2. The molecule has 0 fully saturated rings. The van der Waals surface area contributed by atoms with Gasteiger partial charge in [0, 0.05) is 6.08 Å². The standard InChI is InChI=1S/C22H23N3O3/c1-16(2)28-22(27)15-25-19-11-7-6-10-18(19)24-20(25)14-23-21(26)13-12-17-8-4-3-5-9-17/h3-13,16H,14-15H2,1-2H3,(H,23,26)/b13-12-. The molecule has 0 aliphatic rings. The molecule has 144 valence electrons. The second kappa shape index (κ2) is 8.99. The lowest BCUT2D eigenvalue weighted by Crippen LogP contribution is -2.24. The van der Waals surface area contributed by atoms with Crippen LogP contribution in [0.2, 0.25) is 0 Å². The number of nitrogens with zero attached hydrogens (tertiary/aromatic N) is 2. The highest BCUT2D eigenvalue weighted by molar-refractivity contribution is 5.91. The Balaban J connectivity index is 1.73. The summed E-state index contributed by atoms with van der Waals surface area (Å²) >= 11 is 0. The number of carbonyl (C=O) groups is 2. The SMILES string of the molecule is CC(C)OC(=O)Cn1c(CNC(=O)/C=C\c2ccccc2)nc2ccccc21. The Bertz CT molecular complexity index is 991. The van der Waals surface area contributed by atoms with Gasteiger partial charge >= 0.3 is 5.97 Å². The number of hydrogen-bond acceptors (Lipinski definition) is 4. The van der Waals surface area contributed by atoms with E-state index in [1.807, 2.05) is 68.4 Å². The zero-order chi connectivity index (χ0) is 19.9. The van der Waals surface area contributed by atoms with Crippen LogP contribution >= 0.6 is 0 Å². The van der Waals surface area contributed by atoms with Crippen LogP contribution in [-0.4, -0.2) is 27.5 Å². The van der Waals surface area contributed by atoms with E-state index in [0.29, 0.717) is 5.82 Å². The van der Waals surface area contributed by atoms with Gasteiger partial charge in [-0.15, -0.1) is 0 Å². The van der Waals surface area contributed by atoms with Gasteiger partial charge < -0.3 is 14.6 Å². The first-order valence-corrected chi connectivity index (χ1v) is 9.17. The minimum absolute atomic E-state index is 0.0454. The summed E-state index contributed by atoms with van der Waals surface area (Å²) in [5.41, 5.74) is 2.54. The molecule has 0 aliphatic carbocycles. The Hall–Kier alpha value is -3.41. The van der Waals surface area contributed by atoms with Crippen LogP contribution in [0.25, 0.3) is 17.1 Å². The Morgan fingerprint density at radius 2 is 1.82 bits per heavy atom. The van der Waals surface area contributed by atoms with E-state index in [-0.39, 0.29) is 31.1 Å². The maximum atomic E-state index is 12.2. The second-order valence-corrected chi connectivity index (χ2v) is 6.60. The van der Waals surface area contributed by atoms with Crippen LogP contribution in [-0.2, 0) is 27.4 Å². The average Bonchev–Trinajstić information content (AvgIpc) is 3.02. The molecule has 6 nitrogen and oxygen atoms in total. The summed E-state index contributed by atoms with van der Waals surface area (Å²) in [5.74, 6) is 0.0327. The number of imidazole rings is 1. The maximum Gasteiger partial charge on any atom is 0.326 e. The first kappa shape index (κ1) is 19.4. The summed E-state index contributed by atoms with van der Waals surface area (Å²) in [6.45, 7) is 3.87. The summed E-state index contributed by atoms with van der Waals surface area (Å²) < 4.78 is 7.03. The zero-order valence-corrected chi connectivity index (χ0v) is 16.0. The van der Waals surface area contributed by atoms with Gasteiger partial charge in [0.15, 0.2) is 0 Å². The van der Waals surface area contributed by atoms with Gasteiger partial charge in [-0.05, 0) is 37.6 Å². The van der Waals surface area contributed by atoms with Crippen LogP contribution in [0.15, 0.2) is 60.7 Å². The fraction of sp³-hybridized carbons (Fsp3) is 0.227. The Labute approximate surface area is 163 Å². The van der Waals surface area contributed by atoms with Crippen molar-refractivity contribution in [2.24, 2.45) is 0 Å². The first-order valence-electron chi connectivity index (χ1n) is 9.17. The molecule has 28 heavy (non-hydrogen) atoms. The van der Waals surface area contributed by atoms with Crippen LogP contribution in [0, 0.1) is 0 Å². The lowest BCUT2D eigenvalue weighted by molar-refractivity contribution is -0.148. The van der Waals surface area contributed by atoms with Crippen molar-refractivity contribution in [2.75, 3.05) is 0 Å². The van der Waals surface area contributed by atoms with E-state index in [2.05, 4.69) is 10.3 Å². The van der Waals surface area contributed by atoms with Crippen molar-refractivity contribution in [2.45, 2.75) is 33.0 Å². The maximum absolute atomic E-state index is 12.2. The molecule has 1 aromatic heterocycles. The van der Waals surface area contributed by atoms with Gasteiger partial charge in [-0.2, -0.15) is 0 Å². The second-order valence-electron chi connectivity index (χ2n) is 6.60. The van der Waals surface area contributed by atoms with Crippen molar-refractivity contribution >= 4 is 29.0 Å². The van der Waals surface area contributed by atoms with Crippen LogP contribution in [0.3, 0.4) is 0 Å². The normalized spacial score (nSPS) is 11.2. The third-order valence-electron chi connectivity index (χ3n) is 4.04. The number of amides is 1. The minimum Gasteiger partial charge on any atom is -0.462 e. The molecule has 0 saturated heterocycles. The molecule has 1 N–H and O–H groups in total. The van der Waals surface area contributed by atoms with Crippen LogP contribution in [0.5, 0.6) is 0 Å². The molecule has 0 aliphatic heterocycles. The third-order valence-corrected chi connectivity index (χ3v) is 4.04. The van der Waals surface area contributed by atoms with Crippen molar-refractivity contribution in [3.05, 3.63) is 72.1 Å². The number of fused-ring (bicyclic) bond motifs is 1. The Kier molecular flexibility index (Phi) is 6.22. The smallest absolute Gasteiger partial charge is 0.326 e. The predicted molar refractivity (Wildman–Crippen MR) is 108 cm³/mol. The summed E-state index contributed by atoms with van der Waals surface area (Å²) in [6, 6.07) is 17.1. The van der Waals surface area contributed by atoms with Crippen molar-refractivity contribution in [3.8, 4) is 0 Å². The lowest BCUT2D eigenvalue weighted by Gasteiger charge is -2.11. The van der Waals surface area contributed by atoms with Gasteiger partial charge in [-0.1, -0.05) is 42.5 Å². The van der Waals surface area contributed by atoms with Crippen molar-refractivity contribution < 1.29 is 14.3 Å². The van der Waals surface area contributed by atoms with Crippen LogP contribution in [0.1, 0.15) is 25.2 Å². The van der Waals surface area contributed by atoms with E-state index < -0.39 is 0 Å². The highest BCUT2D eigenvalue weighted by Crippen LogP contribution is 2.16. The van der Waals surface area contributed by atoms with Gasteiger partial charge in [0.1, 0.15) is 12.4 Å². The van der Waals surface area contributed by atoms with Gasteiger partial charge in [0.2, 0.25) is 5.91 Å². The molecule has 0 atom stereocenters. The molecule has 2 aromatic carbocycles. The number of para-hydroxylation sites is 2. The summed E-state index contributed by atoms with van der Waals surface area (Å²) in [4.78, 5) is 28.9. The van der Waals surface area contributed by atoms with E-state index in [1.165, 1.54) is 6.08 Å². The largest absolute Gasteiger partial charge is 0.462 e. The number of ether oxygens (including phenoxy) is 1. The molecule has 0 radical (unpaired) electrons. The summed E-state index contributed by atoms with van der Waals surface area (Å²) in [7, 11) is 0. The molecule has 0 bridgehead atoms. The van der Waals surface area contributed by atoms with Crippen molar-refractivity contribution in [1.82, 2.24) is 14.9 Å². The molecule has 0 unspecified atom stereocenters. The summed E-state index contributed by atoms with van der Waals surface area (Å²) in [5, 5.41) is 2.82. The molecule has 1 amide bonds. The minimum atomic E-state index is -0.338. The molecule has 3 aromatic rings. The number of carbonyl (C=O) groups excluding carboxylic acids is 2. The molecule has 3 rings (SSSR count). The van der Waals surface area contributed by atoms with E-state index in [9.17, 15) is 9.59 Å². The van der Waals surface area contributed by atoms with E-state index in [4.69, 9.17) is 4.74 Å². The Morgan fingerprint density at radius 3 is 2.57 bits per heavy atom. The molecule has 1 heterocycles. The fourth-order valence-electron chi connectivity index (χ4n) is 2.83. The number of rotatable bonds is 7. The van der Waals surface area contributed by atoms with Gasteiger partial charge in [-0.3, -0.25) is 9.59 Å². The zero-order valence-electron chi connectivity index (χ0n) is 16.0. The number of esters is 1. The van der Waals surface area contributed by atoms with Crippen molar-refractivity contribution in [3.63, 3.8) is 0 Å².